The van der Waals surface area contributed by atoms with E-state index in [1.165, 1.54) is 0 Å². The van der Waals surface area contributed by atoms with Crippen LogP contribution in [0.15, 0.2) is 9.42 Å². The minimum Gasteiger partial charge on any atom is -0.360 e. The van der Waals surface area contributed by atoms with Gasteiger partial charge in [-0.1, -0.05) is 5.16 Å². The van der Waals surface area contributed by atoms with Gasteiger partial charge in [-0.3, -0.25) is 0 Å². The number of sulfonamides is 1. The number of halogens is 1. The second kappa shape index (κ2) is 4.59. The summed E-state index contributed by atoms with van der Waals surface area (Å²) in [6.07, 6.45) is 1.73. The fourth-order valence-corrected chi connectivity index (χ4v) is 3.92. The Morgan fingerprint density at radius 1 is 1.47 bits per heavy atom. The fourth-order valence-electron chi connectivity index (χ4n) is 1.98. The van der Waals surface area contributed by atoms with Crippen LogP contribution in [-0.4, -0.2) is 25.5 Å². The van der Waals surface area contributed by atoms with Gasteiger partial charge in [0.05, 0.1) is 0 Å². The average Bonchev–Trinajstić information content (AvgIpc) is 2.52. The highest BCUT2D eigenvalue weighted by Crippen LogP contribution is 2.31. The van der Waals surface area contributed by atoms with Crippen molar-refractivity contribution in [2.24, 2.45) is 5.92 Å². The van der Waals surface area contributed by atoms with Crippen LogP contribution in [0.3, 0.4) is 0 Å². The number of nitrogens with one attached hydrogen (secondary N) is 1. The van der Waals surface area contributed by atoms with Gasteiger partial charge in [0.2, 0.25) is 10.0 Å². The molecule has 1 aliphatic rings. The number of hydrogen-bond acceptors (Lipinski definition) is 4. The molecule has 1 N–H and O–H groups in total. The molecular formula is C10H15ClN2O3S. The van der Waals surface area contributed by atoms with Crippen LogP contribution in [0.1, 0.15) is 24.3 Å². The van der Waals surface area contributed by atoms with E-state index in [2.05, 4.69) is 9.88 Å². The number of aryl methyl sites for hydroxylation is 2. The van der Waals surface area contributed by atoms with E-state index >= 15 is 0 Å². The highest BCUT2D eigenvalue weighted by Gasteiger charge is 2.30. The minimum absolute atomic E-state index is 0.152. The molecular weight excluding hydrogens is 264 g/mol. The second-order valence-corrected chi connectivity index (χ2v) is 6.76. The summed E-state index contributed by atoms with van der Waals surface area (Å²) in [5.41, 5.74) is 0.388. The average molecular weight is 279 g/mol. The van der Waals surface area contributed by atoms with Crippen molar-refractivity contribution < 1.29 is 12.9 Å². The van der Waals surface area contributed by atoms with E-state index in [0.717, 1.165) is 12.8 Å². The lowest BCUT2D eigenvalue weighted by Crippen LogP contribution is -2.36. The third-order valence-electron chi connectivity index (χ3n) is 2.98. The Hall–Kier alpha value is -0.590. The van der Waals surface area contributed by atoms with Crippen molar-refractivity contribution in [1.29, 1.82) is 0 Å². The van der Waals surface area contributed by atoms with Gasteiger partial charge in [0, 0.05) is 11.9 Å². The molecule has 1 heterocycles. The summed E-state index contributed by atoms with van der Waals surface area (Å²) < 4.78 is 31.5. The Bertz CT molecular complexity index is 486. The molecule has 0 radical (unpaired) electrons. The van der Waals surface area contributed by atoms with E-state index in [9.17, 15) is 8.42 Å². The van der Waals surface area contributed by atoms with Crippen molar-refractivity contribution in [2.45, 2.75) is 37.0 Å². The van der Waals surface area contributed by atoms with Crippen LogP contribution in [-0.2, 0) is 10.0 Å². The lowest BCUT2D eigenvalue weighted by atomic mass is 9.85. The first-order valence-corrected chi connectivity index (χ1v) is 7.38. The summed E-state index contributed by atoms with van der Waals surface area (Å²) >= 11 is 5.84. The maximum atomic E-state index is 12.0. The zero-order valence-electron chi connectivity index (χ0n) is 9.73. The molecule has 0 saturated heterocycles. The Labute approximate surface area is 106 Å². The van der Waals surface area contributed by atoms with Crippen molar-refractivity contribution >= 4 is 21.6 Å². The molecule has 17 heavy (non-hydrogen) atoms. The molecule has 1 aliphatic carbocycles. The van der Waals surface area contributed by atoms with E-state index in [-0.39, 0.29) is 10.3 Å². The van der Waals surface area contributed by atoms with Gasteiger partial charge in [-0.15, -0.1) is 11.6 Å². The largest absolute Gasteiger partial charge is 0.360 e. The van der Waals surface area contributed by atoms with E-state index in [0.29, 0.717) is 23.9 Å². The summed E-state index contributed by atoms with van der Waals surface area (Å²) in [6, 6.07) is 0. The molecule has 96 valence electrons. The van der Waals surface area contributed by atoms with E-state index in [1.54, 1.807) is 13.8 Å². The van der Waals surface area contributed by atoms with Gasteiger partial charge in [0.15, 0.2) is 5.76 Å². The standard InChI is InChI=1S/C10H15ClN2O3S/c1-6-10(7(2)16-13-6)17(14,15)12-5-8-3-9(11)4-8/h8-9,12H,3-5H2,1-2H3. The highest BCUT2D eigenvalue weighted by atomic mass is 35.5. The van der Waals surface area contributed by atoms with Gasteiger partial charge in [0.1, 0.15) is 10.6 Å². The van der Waals surface area contributed by atoms with E-state index in [4.69, 9.17) is 16.1 Å². The number of alkyl halides is 1. The molecule has 1 fully saturated rings. The van der Waals surface area contributed by atoms with Crippen LogP contribution < -0.4 is 4.72 Å². The Balaban J connectivity index is 2.04. The van der Waals surface area contributed by atoms with Gasteiger partial charge >= 0.3 is 0 Å². The fraction of sp³-hybridized carbons (Fsp3) is 0.700. The lowest BCUT2D eigenvalue weighted by Gasteiger charge is -2.30. The number of nitrogens with zero attached hydrogens (tertiary/aromatic N) is 1. The van der Waals surface area contributed by atoms with Crippen LogP contribution in [0.25, 0.3) is 0 Å². The van der Waals surface area contributed by atoms with Crippen LogP contribution in [0.2, 0.25) is 0 Å². The predicted octanol–water partition coefficient (Wildman–Crippen LogP) is 1.59. The second-order valence-electron chi connectivity index (χ2n) is 4.44. The zero-order valence-corrected chi connectivity index (χ0v) is 11.3. The van der Waals surface area contributed by atoms with Crippen molar-refractivity contribution in [1.82, 2.24) is 9.88 Å². The van der Waals surface area contributed by atoms with Gasteiger partial charge in [0.25, 0.3) is 0 Å². The summed E-state index contributed by atoms with van der Waals surface area (Å²) in [6.45, 7) is 3.63. The molecule has 5 nitrogen and oxygen atoms in total. The Kier molecular flexibility index (Phi) is 3.47. The molecule has 1 aromatic rings. The molecule has 0 aliphatic heterocycles. The van der Waals surface area contributed by atoms with Crippen LogP contribution in [0.4, 0.5) is 0 Å². The molecule has 0 bridgehead atoms. The lowest BCUT2D eigenvalue weighted by molar-refractivity contribution is 0.323. The summed E-state index contributed by atoms with van der Waals surface area (Å²) in [4.78, 5) is 0.152. The Morgan fingerprint density at radius 3 is 2.59 bits per heavy atom. The predicted molar refractivity (Wildman–Crippen MR) is 63.5 cm³/mol. The van der Waals surface area contributed by atoms with Crippen molar-refractivity contribution in [2.75, 3.05) is 6.54 Å². The van der Waals surface area contributed by atoms with Gasteiger partial charge in [-0.2, -0.15) is 0 Å². The molecule has 1 saturated carbocycles. The molecule has 1 aromatic heterocycles. The SMILES string of the molecule is Cc1noc(C)c1S(=O)(=O)NCC1CC(Cl)C1. The topological polar surface area (TPSA) is 72.2 Å². The maximum Gasteiger partial charge on any atom is 0.245 e. The number of aromatic nitrogens is 1. The first-order chi connectivity index (χ1) is 7.90. The van der Waals surface area contributed by atoms with Crippen molar-refractivity contribution in [3.8, 4) is 0 Å². The van der Waals surface area contributed by atoms with Gasteiger partial charge in [-0.05, 0) is 32.6 Å². The maximum absolute atomic E-state index is 12.0. The van der Waals surface area contributed by atoms with Gasteiger partial charge < -0.3 is 4.52 Å². The van der Waals surface area contributed by atoms with E-state index < -0.39 is 10.0 Å². The third kappa shape index (κ3) is 2.64. The molecule has 2 rings (SSSR count). The molecule has 0 amide bonds. The van der Waals surface area contributed by atoms with Crippen molar-refractivity contribution in [3.05, 3.63) is 11.5 Å². The molecule has 0 unspecified atom stereocenters. The molecule has 7 heteroatoms. The van der Waals surface area contributed by atoms with Gasteiger partial charge in [-0.25, -0.2) is 13.1 Å². The monoisotopic (exact) mass is 278 g/mol. The normalized spacial score (nSPS) is 24.6. The molecule has 0 aromatic carbocycles. The smallest absolute Gasteiger partial charge is 0.245 e. The molecule has 0 spiro atoms. The summed E-state index contributed by atoms with van der Waals surface area (Å²) in [7, 11) is -3.52. The van der Waals surface area contributed by atoms with Crippen molar-refractivity contribution in [3.63, 3.8) is 0 Å². The third-order valence-corrected chi connectivity index (χ3v) is 5.00. The summed E-state index contributed by atoms with van der Waals surface area (Å²) in [5, 5.41) is 3.84. The van der Waals surface area contributed by atoms with Crippen LogP contribution in [0.5, 0.6) is 0 Å². The summed E-state index contributed by atoms with van der Waals surface area (Å²) in [5.74, 6) is 0.659. The van der Waals surface area contributed by atoms with Crippen LogP contribution >= 0.6 is 11.6 Å². The van der Waals surface area contributed by atoms with Crippen LogP contribution in [0, 0.1) is 19.8 Å². The first kappa shape index (κ1) is 12.9. The number of hydrogen-bond donors (Lipinski definition) is 1. The quantitative estimate of drug-likeness (QED) is 0.849. The minimum atomic E-state index is -3.52. The first-order valence-electron chi connectivity index (χ1n) is 5.46. The molecule has 0 atom stereocenters. The highest BCUT2D eigenvalue weighted by molar-refractivity contribution is 7.89. The Morgan fingerprint density at radius 2 is 2.12 bits per heavy atom. The number of rotatable bonds is 4. The van der Waals surface area contributed by atoms with E-state index in [1.807, 2.05) is 0 Å². The zero-order chi connectivity index (χ0) is 12.6.